The van der Waals surface area contributed by atoms with E-state index in [4.69, 9.17) is 21.1 Å². The first kappa shape index (κ1) is 23.4. The van der Waals surface area contributed by atoms with E-state index >= 15 is 0 Å². The Bertz CT molecular complexity index is 1600. The highest BCUT2D eigenvalue weighted by Crippen LogP contribution is 2.37. The molecule has 0 fully saturated rings. The number of rotatable bonds is 6. The van der Waals surface area contributed by atoms with Gasteiger partial charge in [0, 0.05) is 29.9 Å². The van der Waals surface area contributed by atoms with Crippen molar-refractivity contribution in [1.29, 1.82) is 0 Å². The second kappa shape index (κ2) is 9.02. The van der Waals surface area contributed by atoms with E-state index < -0.39 is 0 Å². The van der Waals surface area contributed by atoms with Gasteiger partial charge in [-0.05, 0) is 73.9 Å². The van der Waals surface area contributed by atoms with Crippen molar-refractivity contribution in [3.05, 3.63) is 76.1 Å². The van der Waals surface area contributed by atoms with Gasteiger partial charge in [0.1, 0.15) is 0 Å². The van der Waals surface area contributed by atoms with Gasteiger partial charge in [0.25, 0.3) is 0 Å². The van der Waals surface area contributed by atoms with Crippen molar-refractivity contribution in [3.8, 4) is 0 Å². The lowest BCUT2D eigenvalue weighted by atomic mass is 10.0. The zero-order valence-corrected chi connectivity index (χ0v) is 21.3. The summed E-state index contributed by atoms with van der Waals surface area (Å²) in [4.78, 5) is 16.8. The van der Waals surface area contributed by atoms with E-state index in [0.29, 0.717) is 12.2 Å². The van der Waals surface area contributed by atoms with Crippen LogP contribution in [0.2, 0.25) is 5.02 Å². The third-order valence-electron chi connectivity index (χ3n) is 6.84. The highest BCUT2D eigenvalue weighted by molar-refractivity contribution is 6.36. The van der Waals surface area contributed by atoms with Gasteiger partial charge in [-0.3, -0.25) is 0 Å². The first-order chi connectivity index (χ1) is 16.9. The summed E-state index contributed by atoms with van der Waals surface area (Å²) in [6, 6.07) is 14.4. The Morgan fingerprint density at radius 3 is 2.54 bits per heavy atom. The zero-order chi connectivity index (χ0) is 24.9. The van der Waals surface area contributed by atoms with Crippen molar-refractivity contribution in [2.24, 2.45) is 0 Å². The Morgan fingerprint density at radius 1 is 1.06 bits per heavy atom. The van der Waals surface area contributed by atoms with Gasteiger partial charge in [0.2, 0.25) is 0 Å². The molecule has 0 aliphatic carbocycles. The number of carbonyl (C=O) groups excluding carboxylic acids is 1. The third-order valence-corrected chi connectivity index (χ3v) is 7.13. The Labute approximate surface area is 209 Å². The van der Waals surface area contributed by atoms with Crippen molar-refractivity contribution in [2.45, 2.75) is 33.4 Å². The number of benzene rings is 3. The number of aryl methyl sites for hydroxylation is 3. The summed E-state index contributed by atoms with van der Waals surface area (Å²) < 4.78 is 15.0. The summed E-state index contributed by atoms with van der Waals surface area (Å²) in [6.07, 6.45) is 1.82. The molecule has 0 saturated heterocycles. The van der Waals surface area contributed by atoms with Crippen molar-refractivity contribution in [2.75, 3.05) is 20.8 Å². The van der Waals surface area contributed by atoms with Crippen LogP contribution in [-0.2, 0) is 16.0 Å². The fourth-order valence-electron chi connectivity index (χ4n) is 5.19. The molecule has 1 unspecified atom stereocenters. The highest BCUT2D eigenvalue weighted by atomic mass is 35.5. The highest BCUT2D eigenvalue weighted by Gasteiger charge is 2.22. The number of carbonyl (C=O) groups is 1. The molecule has 0 bridgehead atoms. The van der Waals surface area contributed by atoms with Gasteiger partial charge >= 0.3 is 5.97 Å². The van der Waals surface area contributed by atoms with Crippen LogP contribution in [-0.4, -0.2) is 40.9 Å². The van der Waals surface area contributed by atoms with Gasteiger partial charge in [-0.1, -0.05) is 17.7 Å². The fourth-order valence-corrected chi connectivity index (χ4v) is 5.56. The van der Waals surface area contributed by atoms with E-state index in [1.54, 1.807) is 13.2 Å². The lowest BCUT2D eigenvalue weighted by Crippen LogP contribution is -2.15. The molecule has 0 spiro atoms. The number of methoxy groups -OCH3 is 2. The first-order valence-electron chi connectivity index (χ1n) is 11.6. The molecule has 0 aliphatic rings. The molecule has 3 aromatic carbocycles. The van der Waals surface area contributed by atoms with Crippen molar-refractivity contribution < 1.29 is 14.3 Å². The lowest BCUT2D eigenvalue weighted by molar-refractivity contribution is 0.0600. The summed E-state index contributed by atoms with van der Waals surface area (Å²) in [5, 5.41) is 3.09. The van der Waals surface area contributed by atoms with Crippen LogP contribution in [0.3, 0.4) is 0 Å². The monoisotopic (exact) mass is 489 g/mol. The number of ether oxygens (including phenoxy) is 2. The van der Waals surface area contributed by atoms with Crippen LogP contribution in [0, 0.1) is 13.8 Å². The van der Waals surface area contributed by atoms with E-state index in [1.807, 2.05) is 25.4 Å². The molecule has 1 atom stereocenters. The summed E-state index contributed by atoms with van der Waals surface area (Å²) >= 11 is 6.69. The number of imidazole rings is 1. The molecule has 6 nitrogen and oxygen atoms in total. The molecular formula is C28H28ClN3O3. The molecule has 0 N–H and O–H groups in total. The maximum atomic E-state index is 12.2. The van der Waals surface area contributed by atoms with E-state index in [0.717, 1.165) is 55.7 Å². The van der Waals surface area contributed by atoms with Crippen LogP contribution in [0.1, 0.15) is 40.0 Å². The number of fused-ring (bicyclic) bond motifs is 4. The molecule has 0 radical (unpaired) electrons. The topological polar surface area (TPSA) is 58.3 Å². The van der Waals surface area contributed by atoms with Gasteiger partial charge in [0.05, 0.1) is 53.2 Å². The molecule has 7 heteroatoms. The number of nitrogens with zero attached hydrogens (tertiary/aromatic N) is 3. The molecule has 5 aromatic rings. The third kappa shape index (κ3) is 3.68. The minimum Gasteiger partial charge on any atom is -0.465 e. The molecule has 180 valence electrons. The number of aromatic nitrogens is 3. The predicted octanol–water partition coefficient (Wildman–Crippen LogP) is 6.46. The van der Waals surface area contributed by atoms with Crippen molar-refractivity contribution >= 4 is 50.4 Å². The molecule has 2 aromatic heterocycles. The van der Waals surface area contributed by atoms with Gasteiger partial charge in [0.15, 0.2) is 0 Å². The zero-order valence-electron chi connectivity index (χ0n) is 20.6. The summed E-state index contributed by atoms with van der Waals surface area (Å²) in [5.74, 6) is -0.362. The first-order valence-corrected chi connectivity index (χ1v) is 12.0. The standard InChI is InChI=1S/C28H28ClN3O3/c1-6-31-23-9-7-18(13-20(23)21-11-16(2)12-22(29)27(21)31)25(14-34-4)32-15-30-26-17(3)19(28(33)35-5)8-10-24(26)32/h7-13,15,25H,6,14H2,1-5H3. The fraction of sp³-hybridized carbons (Fsp3) is 0.286. The molecule has 35 heavy (non-hydrogen) atoms. The van der Waals surface area contributed by atoms with E-state index in [2.05, 4.69) is 52.2 Å². The smallest absolute Gasteiger partial charge is 0.338 e. The normalized spacial score (nSPS) is 12.6. The second-order valence-corrected chi connectivity index (χ2v) is 9.29. The van der Waals surface area contributed by atoms with Gasteiger partial charge in [-0.25, -0.2) is 9.78 Å². The number of hydrogen-bond donors (Lipinski definition) is 0. The summed E-state index contributed by atoms with van der Waals surface area (Å²) in [5.41, 5.74) is 7.51. The average molecular weight is 490 g/mol. The average Bonchev–Trinajstić information content (AvgIpc) is 3.41. The van der Waals surface area contributed by atoms with Crippen LogP contribution < -0.4 is 0 Å². The number of esters is 1. The maximum Gasteiger partial charge on any atom is 0.338 e. The van der Waals surface area contributed by atoms with E-state index in [9.17, 15) is 4.79 Å². The van der Waals surface area contributed by atoms with Gasteiger partial charge in [-0.15, -0.1) is 0 Å². The van der Waals surface area contributed by atoms with Gasteiger partial charge < -0.3 is 18.6 Å². The Morgan fingerprint density at radius 2 is 1.83 bits per heavy atom. The molecule has 0 aliphatic heterocycles. The van der Waals surface area contributed by atoms with E-state index in [1.165, 1.54) is 12.5 Å². The van der Waals surface area contributed by atoms with Crippen molar-refractivity contribution in [1.82, 2.24) is 14.1 Å². The van der Waals surface area contributed by atoms with Crippen molar-refractivity contribution in [3.63, 3.8) is 0 Å². The molecule has 5 rings (SSSR count). The number of hydrogen-bond acceptors (Lipinski definition) is 4. The Kier molecular flexibility index (Phi) is 6.03. The Balaban J connectivity index is 1.71. The van der Waals surface area contributed by atoms with Crippen LogP contribution in [0.4, 0.5) is 0 Å². The maximum absolute atomic E-state index is 12.2. The predicted molar refractivity (Wildman–Crippen MR) is 141 cm³/mol. The van der Waals surface area contributed by atoms with Gasteiger partial charge in [-0.2, -0.15) is 0 Å². The largest absolute Gasteiger partial charge is 0.465 e. The SMILES string of the molecule is CCn1c2ccc(C(COC)n3cnc4c(C)c(C(=O)OC)ccc43)cc2c2cc(C)cc(Cl)c21. The lowest BCUT2D eigenvalue weighted by Gasteiger charge is -2.20. The van der Waals surface area contributed by atoms with E-state index in [-0.39, 0.29) is 12.0 Å². The van der Waals surface area contributed by atoms with Crippen LogP contribution in [0.25, 0.3) is 32.8 Å². The Hall–Kier alpha value is -3.35. The molecular weight excluding hydrogens is 462 g/mol. The van der Waals surface area contributed by atoms with Crippen LogP contribution in [0.15, 0.2) is 48.8 Å². The number of halogens is 1. The minimum atomic E-state index is -0.362. The molecule has 0 saturated carbocycles. The minimum absolute atomic E-state index is 0.0990. The quantitative estimate of drug-likeness (QED) is 0.257. The second-order valence-electron chi connectivity index (χ2n) is 8.88. The van der Waals surface area contributed by atoms with Crippen LogP contribution >= 0.6 is 11.6 Å². The summed E-state index contributed by atoms with van der Waals surface area (Å²) in [7, 11) is 3.09. The molecule has 2 heterocycles. The van der Waals surface area contributed by atoms with Crippen LogP contribution in [0.5, 0.6) is 0 Å². The summed E-state index contributed by atoms with van der Waals surface area (Å²) in [6.45, 7) is 7.41. The molecule has 0 amide bonds.